The van der Waals surface area contributed by atoms with E-state index in [2.05, 4.69) is 20.4 Å². The number of hydrogen-bond acceptors (Lipinski definition) is 8. The van der Waals surface area contributed by atoms with Gasteiger partial charge in [-0.2, -0.15) is 15.0 Å². The Bertz CT molecular complexity index is 1300. The second kappa shape index (κ2) is 12.0. The Balaban J connectivity index is 1.35. The molecule has 2 fully saturated rings. The smallest absolute Gasteiger partial charge is 0.323 e. The number of amides is 3. The Morgan fingerprint density at radius 1 is 0.769 bits per heavy atom. The van der Waals surface area contributed by atoms with E-state index in [4.69, 9.17) is 19.7 Å². The van der Waals surface area contributed by atoms with Gasteiger partial charge in [0.05, 0.1) is 13.2 Å². The van der Waals surface area contributed by atoms with E-state index in [9.17, 15) is 14.0 Å². The molecule has 0 bridgehead atoms. The summed E-state index contributed by atoms with van der Waals surface area (Å²) in [5.41, 5.74) is 1.84. The molecule has 0 aliphatic carbocycles. The fourth-order valence-corrected chi connectivity index (χ4v) is 4.49. The van der Waals surface area contributed by atoms with Gasteiger partial charge in [-0.1, -0.05) is 0 Å². The van der Waals surface area contributed by atoms with Crippen molar-refractivity contribution in [1.82, 2.24) is 19.9 Å². The lowest BCUT2D eigenvalue weighted by atomic mass is 10.2. The van der Waals surface area contributed by atoms with Crippen LogP contribution < -0.4 is 20.4 Å². The van der Waals surface area contributed by atoms with Gasteiger partial charge in [0.25, 0.3) is 0 Å². The van der Waals surface area contributed by atoms with E-state index in [-0.39, 0.29) is 11.7 Å². The highest BCUT2D eigenvalue weighted by Gasteiger charge is 2.22. The number of urea groups is 1. The quantitative estimate of drug-likeness (QED) is 0.513. The van der Waals surface area contributed by atoms with Gasteiger partial charge in [-0.15, -0.1) is 0 Å². The molecule has 0 spiro atoms. The van der Waals surface area contributed by atoms with Gasteiger partial charge in [0.1, 0.15) is 5.82 Å². The van der Waals surface area contributed by atoms with Crippen molar-refractivity contribution >= 4 is 35.2 Å². The molecule has 2 N–H and O–H groups in total. The number of nitrogens with zero attached hydrogens (tertiary/aromatic N) is 6. The maximum absolute atomic E-state index is 13.1. The van der Waals surface area contributed by atoms with Gasteiger partial charge in [0.2, 0.25) is 17.8 Å². The molecule has 2 aromatic carbocycles. The molecule has 12 heteroatoms. The number of benzene rings is 2. The highest BCUT2D eigenvalue weighted by Crippen LogP contribution is 2.24. The zero-order valence-electron chi connectivity index (χ0n) is 21.8. The van der Waals surface area contributed by atoms with E-state index in [1.165, 1.54) is 24.3 Å². The number of aromatic nitrogens is 3. The van der Waals surface area contributed by atoms with Crippen LogP contribution in [0.1, 0.15) is 13.3 Å². The molecule has 1 aromatic heterocycles. The summed E-state index contributed by atoms with van der Waals surface area (Å²) in [7, 11) is 0. The maximum Gasteiger partial charge on any atom is 0.323 e. The number of hydrogen-bond donors (Lipinski definition) is 2. The molecule has 0 radical (unpaired) electrons. The molecule has 11 nitrogen and oxygen atoms in total. The summed E-state index contributed by atoms with van der Waals surface area (Å²) in [6.07, 6.45) is 0.827. The summed E-state index contributed by atoms with van der Waals surface area (Å²) < 4.78 is 18.6. The first-order valence-electron chi connectivity index (χ1n) is 13.0. The lowest BCUT2D eigenvalue weighted by Gasteiger charge is -2.28. The van der Waals surface area contributed by atoms with E-state index in [1.807, 2.05) is 17.0 Å². The Morgan fingerprint density at radius 3 is 1.97 bits per heavy atom. The number of anilines is 4. The van der Waals surface area contributed by atoms with Gasteiger partial charge < -0.3 is 30.1 Å². The molecule has 39 heavy (non-hydrogen) atoms. The number of halogens is 1. The summed E-state index contributed by atoms with van der Waals surface area (Å²) in [5, 5.41) is 5.44. The third-order valence-electron chi connectivity index (χ3n) is 6.63. The zero-order valence-corrected chi connectivity index (χ0v) is 21.8. The highest BCUT2D eigenvalue weighted by atomic mass is 19.1. The molecule has 204 valence electrons. The van der Waals surface area contributed by atoms with Crippen molar-refractivity contribution in [1.29, 1.82) is 0 Å². The molecule has 0 unspecified atom stereocenters. The predicted octanol–water partition coefficient (Wildman–Crippen LogP) is 3.22. The van der Waals surface area contributed by atoms with E-state index in [1.54, 1.807) is 19.1 Å². The minimum absolute atomic E-state index is 0.0715. The van der Waals surface area contributed by atoms with Gasteiger partial charge in [0.15, 0.2) is 5.82 Å². The number of rotatable bonds is 5. The molecule has 0 atom stereocenters. The van der Waals surface area contributed by atoms with E-state index in [0.29, 0.717) is 75.0 Å². The summed E-state index contributed by atoms with van der Waals surface area (Å²) in [5.74, 6) is 1.39. The largest absolute Gasteiger partial charge is 0.378 e. The SMILES string of the molecule is CC(=O)N1CCCN(c2nc(-c3ccc(NC(=O)Nc4ccc(F)cc4)cc3)nc(N3CCOCC3)n2)CC1. The molecule has 2 aliphatic rings. The summed E-state index contributed by atoms with van der Waals surface area (Å²) in [6, 6.07) is 12.3. The van der Waals surface area contributed by atoms with Crippen molar-refractivity contribution in [3.8, 4) is 11.4 Å². The molecule has 3 heterocycles. The molecular weight excluding hydrogens is 503 g/mol. The fourth-order valence-electron chi connectivity index (χ4n) is 4.49. The first-order valence-corrected chi connectivity index (χ1v) is 13.0. The number of carbonyl (C=O) groups is 2. The van der Waals surface area contributed by atoms with Crippen LogP contribution in [0.3, 0.4) is 0 Å². The minimum atomic E-state index is -0.438. The van der Waals surface area contributed by atoms with Crippen molar-refractivity contribution < 1.29 is 18.7 Å². The second-order valence-electron chi connectivity index (χ2n) is 9.37. The first-order chi connectivity index (χ1) is 18.9. The average Bonchev–Trinajstić information content (AvgIpc) is 3.22. The zero-order chi connectivity index (χ0) is 27.2. The van der Waals surface area contributed by atoms with Crippen LogP contribution in [-0.2, 0) is 9.53 Å². The van der Waals surface area contributed by atoms with Crippen molar-refractivity contribution in [2.45, 2.75) is 13.3 Å². The van der Waals surface area contributed by atoms with Crippen LogP contribution in [0.2, 0.25) is 0 Å². The van der Waals surface area contributed by atoms with Crippen molar-refractivity contribution in [2.75, 3.05) is 72.9 Å². The van der Waals surface area contributed by atoms with E-state index >= 15 is 0 Å². The summed E-state index contributed by atoms with van der Waals surface area (Å²) >= 11 is 0. The van der Waals surface area contributed by atoms with Crippen molar-refractivity contribution in [3.05, 3.63) is 54.3 Å². The van der Waals surface area contributed by atoms with Gasteiger partial charge in [-0.25, -0.2) is 9.18 Å². The monoisotopic (exact) mass is 534 g/mol. The molecule has 2 saturated heterocycles. The van der Waals surface area contributed by atoms with E-state index < -0.39 is 6.03 Å². The molecule has 3 amide bonds. The Morgan fingerprint density at radius 2 is 1.36 bits per heavy atom. The van der Waals surface area contributed by atoms with Crippen LogP contribution in [0.4, 0.5) is 32.5 Å². The van der Waals surface area contributed by atoms with Gasteiger partial charge >= 0.3 is 6.03 Å². The number of carbonyl (C=O) groups excluding carboxylic acids is 2. The number of ether oxygens (including phenoxy) is 1. The van der Waals surface area contributed by atoms with Gasteiger partial charge in [0, 0.05) is 63.1 Å². The van der Waals surface area contributed by atoms with Crippen molar-refractivity contribution in [2.24, 2.45) is 0 Å². The van der Waals surface area contributed by atoms with Crippen LogP contribution in [-0.4, -0.2) is 84.3 Å². The number of morpholine rings is 1. The Kier molecular flexibility index (Phi) is 8.11. The average molecular weight is 535 g/mol. The summed E-state index contributed by atoms with van der Waals surface area (Å²) in [4.78, 5) is 44.7. The standard InChI is InChI=1S/C27H31FN8O3/c1-19(37)34-11-2-12-35(14-13-34)25-31-24(32-26(33-25)36-15-17-39-18-16-36)20-3-7-22(8-4-20)29-27(38)30-23-9-5-21(28)6-10-23/h3-10H,2,11-18H2,1H3,(H2,29,30,38). The second-order valence-corrected chi connectivity index (χ2v) is 9.37. The van der Waals surface area contributed by atoms with Crippen LogP contribution in [0, 0.1) is 5.82 Å². The summed E-state index contributed by atoms with van der Waals surface area (Å²) in [6.45, 7) is 6.88. The molecule has 2 aliphatic heterocycles. The fraction of sp³-hybridized carbons (Fsp3) is 0.370. The lowest BCUT2D eigenvalue weighted by molar-refractivity contribution is -0.128. The number of nitrogens with one attached hydrogen (secondary N) is 2. The van der Waals surface area contributed by atoms with Gasteiger partial charge in [-0.05, 0) is 55.0 Å². The van der Waals surface area contributed by atoms with E-state index in [0.717, 1.165) is 18.5 Å². The van der Waals surface area contributed by atoms with Crippen LogP contribution in [0.25, 0.3) is 11.4 Å². The third kappa shape index (κ3) is 6.77. The van der Waals surface area contributed by atoms with Gasteiger partial charge in [-0.3, -0.25) is 4.79 Å². The maximum atomic E-state index is 13.1. The van der Waals surface area contributed by atoms with Crippen LogP contribution >= 0.6 is 0 Å². The molecule has 5 rings (SSSR count). The molecule has 0 saturated carbocycles. The normalized spacial score (nSPS) is 16.0. The highest BCUT2D eigenvalue weighted by molar-refractivity contribution is 5.99. The molecular formula is C27H31FN8O3. The predicted molar refractivity (Wildman–Crippen MR) is 146 cm³/mol. The molecule has 3 aromatic rings. The Labute approximate surface area is 226 Å². The third-order valence-corrected chi connectivity index (χ3v) is 6.63. The first kappa shape index (κ1) is 26.3. The topological polar surface area (TPSA) is 116 Å². The Hall–Kier alpha value is -4.32. The van der Waals surface area contributed by atoms with Crippen LogP contribution in [0.5, 0.6) is 0 Å². The van der Waals surface area contributed by atoms with Crippen molar-refractivity contribution in [3.63, 3.8) is 0 Å². The van der Waals surface area contributed by atoms with Crippen LogP contribution in [0.15, 0.2) is 48.5 Å². The minimum Gasteiger partial charge on any atom is -0.378 e. The lowest BCUT2D eigenvalue weighted by Crippen LogP contribution is -2.38.